The first-order valence-electron chi connectivity index (χ1n) is 3.56. The highest BCUT2D eigenvalue weighted by atomic mass is 16.6. The fourth-order valence-corrected chi connectivity index (χ4v) is 0.929. The van der Waals surface area contributed by atoms with Crippen LogP contribution in [0.5, 0.6) is 0 Å². The van der Waals surface area contributed by atoms with Crippen molar-refractivity contribution in [1.29, 1.82) is 0 Å². The average molecular weight is 146 g/mol. The van der Waals surface area contributed by atoms with E-state index in [0.29, 0.717) is 19.8 Å². The van der Waals surface area contributed by atoms with Gasteiger partial charge < -0.3 is 14.2 Å². The summed E-state index contributed by atoms with van der Waals surface area (Å²) in [6.45, 7) is 4.06. The highest BCUT2D eigenvalue weighted by Gasteiger charge is 2.20. The highest BCUT2D eigenvalue weighted by Crippen LogP contribution is 2.07. The molecule has 0 aromatic heterocycles. The van der Waals surface area contributed by atoms with E-state index < -0.39 is 0 Å². The number of ether oxygens (including phenoxy) is 3. The smallest absolute Gasteiger partial charge is 0.107 e. The molecule has 60 valence electrons. The van der Waals surface area contributed by atoms with Crippen molar-refractivity contribution in [1.82, 2.24) is 0 Å². The van der Waals surface area contributed by atoms with Gasteiger partial charge in [-0.05, 0) is 6.92 Å². The summed E-state index contributed by atoms with van der Waals surface area (Å²) in [5, 5.41) is 0. The molecule has 0 aromatic rings. The monoisotopic (exact) mass is 146 g/mol. The highest BCUT2D eigenvalue weighted by molar-refractivity contribution is 4.67. The van der Waals surface area contributed by atoms with Crippen LogP contribution in [0.15, 0.2) is 0 Å². The molecule has 0 saturated carbocycles. The van der Waals surface area contributed by atoms with Gasteiger partial charge in [0.15, 0.2) is 0 Å². The minimum absolute atomic E-state index is 0.124. The maximum atomic E-state index is 5.38. The second-order valence-electron chi connectivity index (χ2n) is 2.42. The second-order valence-corrected chi connectivity index (χ2v) is 2.42. The van der Waals surface area contributed by atoms with Crippen LogP contribution >= 0.6 is 0 Å². The van der Waals surface area contributed by atoms with E-state index in [-0.39, 0.29) is 12.2 Å². The molecule has 1 aliphatic heterocycles. The summed E-state index contributed by atoms with van der Waals surface area (Å²) in [5.74, 6) is 0. The zero-order valence-electron chi connectivity index (χ0n) is 6.50. The summed E-state index contributed by atoms with van der Waals surface area (Å²) in [7, 11) is 1.68. The molecule has 0 spiro atoms. The third-order valence-electron chi connectivity index (χ3n) is 1.74. The van der Waals surface area contributed by atoms with Crippen LogP contribution in [0.4, 0.5) is 0 Å². The minimum atomic E-state index is 0.124. The predicted octanol–water partition coefficient (Wildman–Crippen LogP) is 0.437. The first kappa shape index (κ1) is 7.98. The van der Waals surface area contributed by atoms with Gasteiger partial charge in [-0.25, -0.2) is 0 Å². The van der Waals surface area contributed by atoms with Gasteiger partial charge in [0.25, 0.3) is 0 Å². The fourth-order valence-electron chi connectivity index (χ4n) is 0.929. The van der Waals surface area contributed by atoms with E-state index in [2.05, 4.69) is 0 Å². The van der Waals surface area contributed by atoms with Crippen molar-refractivity contribution in [3.63, 3.8) is 0 Å². The molecule has 2 unspecified atom stereocenters. The van der Waals surface area contributed by atoms with Crippen molar-refractivity contribution >= 4 is 0 Å². The van der Waals surface area contributed by atoms with Gasteiger partial charge in [0.1, 0.15) is 6.10 Å². The maximum Gasteiger partial charge on any atom is 0.107 e. The lowest BCUT2D eigenvalue weighted by Crippen LogP contribution is -2.37. The third-order valence-corrected chi connectivity index (χ3v) is 1.74. The van der Waals surface area contributed by atoms with Crippen LogP contribution in [0.2, 0.25) is 0 Å². The summed E-state index contributed by atoms with van der Waals surface area (Å²) >= 11 is 0. The average Bonchev–Trinajstić information content (AvgIpc) is 2.05. The Morgan fingerprint density at radius 2 is 2.30 bits per heavy atom. The second kappa shape index (κ2) is 3.91. The quantitative estimate of drug-likeness (QED) is 0.565. The van der Waals surface area contributed by atoms with Crippen molar-refractivity contribution in [3.05, 3.63) is 0 Å². The Kier molecular flexibility index (Phi) is 3.12. The van der Waals surface area contributed by atoms with E-state index in [1.54, 1.807) is 7.11 Å². The largest absolute Gasteiger partial charge is 0.379 e. The summed E-state index contributed by atoms with van der Waals surface area (Å²) in [4.78, 5) is 0. The topological polar surface area (TPSA) is 27.7 Å². The van der Waals surface area contributed by atoms with E-state index in [9.17, 15) is 0 Å². The van der Waals surface area contributed by atoms with Crippen LogP contribution in [0.3, 0.4) is 0 Å². The molecule has 10 heavy (non-hydrogen) atoms. The van der Waals surface area contributed by atoms with Crippen molar-refractivity contribution in [3.8, 4) is 0 Å². The van der Waals surface area contributed by atoms with Gasteiger partial charge >= 0.3 is 0 Å². The van der Waals surface area contributed by atoms with Crippen LogP contribution in [0.25, 0.3) is 0 Å². The Morgan fingerprint density at radius 1 is 1.50 bits per heavy atom. The van der Waals surface area contributed by atoms with Crippen molar-refractivity contribution in [2.24, 2.45) is 0 Å². The van der Waals surface area contributed by atoms with Gasteiger partial charge in [0.2, 0.25) is 0 Å². The Bertz CT molecular complexity index is 88.9. The minimum Gasteiger partial charge on any atom is -0.379 e. The van der Waals surface area contributed by atoms with Gasteiger partial charge in [-0.2, -0.15) is 0 Å². The predicted molar refractivity (Wildman–Crippen MR) is 37.0 cm³/mol. The molecule has 1 aliphatic rings. The van der Waals surface area contributed by atoms with E-state index in [4.69, 9.17) is 14.2 Å². The number of rotatable bonds is 2. The molecule has 0 N–H and O–H groups in total. The van der Waals surface area contributed by atoms with E-state index in [1.807, 2.05) is 6.92 Å². The van der Waals surface area contributed by atoms with Gasteiger partial charge in [0.05, 0.1) is 25.9 Å². The molecule has 0 bridgehead atoms. The van der Waals surface area contributed by atoms with Gasteiger partial charge in [-0.15, -0.1) is 0 Å². The Labute approximate surface area is 61.3 Å². The molecule has 3 nitrogen and oxygen atoms in total. The van der Waals surface area contributed by atoms with E-state index in [0.717, 1.165) is 0 Å². The normalized spacial score (nSPS) is 30.0. The summed E-state index contributed by atoms with van der Waals surface area (Å²) in [5.41, 5.74) is 0. The number of methoxy groups -OCH3 is 1. The molecule has 1 heterocycles. The zero-order valence-corrected chi connectivity index (χ0v) is 6.50. The maximum absolute atomic E-state index is 5.38. The Balaban J connectivity index is 2.24. The molecule has 1 fully saturated rings. The Morgan fingerprint density at radius 3 is 2.80 bits per heavy atom. The van der Waals surface area contributed by atoms with Crippen LogP contribution in [-0.4, -0.2) is 39.1 Å². The van der Waals surface area contributed by atoms with Gasteiger partial charge in [-0.1, -0.05) is 0 Å². The fraction of sp³-hybridized carbons (Fsp3) is 1.00. The van der Waals surface area contributed by atoms with Crippen molar-refractivity contribution in [2.45, 2.75) is 19.1 Å². The summed E-state index contributed by atoms with van der Waals surface area (Å²) < 4.78 is 15.7. The molecule has 0 aromatic carbocycles. The van der Waals surface area contributed by atoms with Crippen molar-refractivity contribution < 1.29 is 14.2 Å². The summed E-state index contributed by atoms with van der Waals surface area (Å²) in [6, 6.07) is 0. The van der Waals surface area contributed by atoms with Crippen molar-refractivity contribution in [2.75, 3.05) is 26.9 Å². The lowest BCUT2D eigenvalue weighted by atomic mass is 10.2. The third kappa shape index (κ3) is 1.94. The molecule has 0 aliphatic carbocycles. The van der Waals surface area contributed by atoms with E-state index >= 15 is 0 Å². The van der Waals surface area contributed by atoms with Gasteiger partial charge in [-0.3, -0.25) is 0 Å². The first-order valence-corrected chi connectivity index (χ1v) is 3.56. The molecule has 1 rings (SSSR count). The molecule has 0 radical (unpaired) electrons. The number of hydrogen-bond acceptors (Lipinski definition) is 3. The summed E-state index contributed by atoms with van der Waals surface area (Å²) in [6.07, 6.45) is 0.263. The molecule has 0 amide bonds. The first-order chi connectivity index (χ1) is 4.84. The lowest BCUT2D eigenvalue weighted by Gasteiger charge is -2.26. The SMILES string of the molecule is COC(C)C1COCCO1. The standard InChI is InChI=1S/C7H14O3/c1-6(8-2)7-5-9-3-4-10-7/h6-7H,3-5H2,1-2H3. The molecule has 1 saturated heterocycles. The molecule has 3 heteroatoms. The van der Waals surface area contributed by atoms with Crippen LogP contribution < -0.4 is 0 Å². The molecular weight excluding hydrogens is 132 g/mol. The Hall–Kier alpha value is -0.120. The number of hydrogen-bond donors (Lipinski definition) is 0. The zero-order chi connectivity index (χ0) is 7.40. The van der Waals surface area contributed by atoms with Crippen LogP contribution in [0.1, 0.15) is 6.92 Å². The van der Waals surface area contributed by atoms with Gasteiger partial charge in [0, 0.05) is 7.11 Å². The van der Waals surface area contributed by atoms with E-state index in [1.165, 1.54) is 0 Å². The van der Waals surface area contributed by atoms with Crippen LogP contribution in [-0.2, 0) is 14.2 Å². The van der Waals surface area contributed by atoms with Crippen LogP contribution in [0, 0.1) is 0 Å². The molecular formula is C7H14O3. The lowest BCUT2D eigenvalue weighted by molar-refractivity contribution is -0.135. The molecule has 2 atom stereocenters.